The van der Waals surface area contributed by atoms with E-state index in [-0.39, 0.29) is 29.0 Å². The highest BCUT2D eigenvalue weighted by molar-refractivity contribution is 6.51. The van der Waals surface area contributed by atoms with E-state index in [1.807, 2.05) is 12.1 Å². The average molecular weight is 339 g/mol. The molecule has 3 saturated carbocycles. The Morgan fingerprint density at radius 2 is 1.45 bits per heavy atom. The predicted molar refractivity (Wildman–Crippen MR) is 90.8 cm³/mol. The Morgan fingerprint density at radius 3 is 1.95 bits per heavy atom. The Hall–Kier alpha value is -0.215. The molecule has 4 aliphatic rings. The van der Waals surface area contributed by atoms with E-state index in [4.69, 9.17) is 32.5 Å². The quantitative estimate of drug-likeness (QED) is 0.684. The van der Waals surface area contributed by atoms with Crippen molar-refractivity contribution in [2.24, 2.45) is 0 Å². The summed E-state index contributed by atoms with van der Waals surface area (Å²) in [7, 11) is -0.0813. The van der Waals surface area contributed by atoms with Gasteiger partial charge in [-0.25, -0.2) is 0 Å². The lowest BCUT2D eigenvalue weighted by Crippen LogP contribution is -2.66. The van der Waals surface area contributed by atoms with Gasteiger partial charge in [-0.1, -0.05) is 29.3 Å². The molecule has 5 rings (SSSR count). The van der Waals surface area contributed by atoms with Crippen molar-refractivity contribution in [3.63, 3.8) is 0 Å². The molecule has 0 radical (unpaired) electrons. The molecule has 22 heavy (non-hydrogen) atoms. The summed E-state index contributed by atoms with van der Waals surface area (Å²) in [6.45, 7) is 8.47. The fraction of sp³-hybridized carbons (Fsp3) is 0.647. The Bertz CT molecular complexity index is 620. The van der Waals surface area contributed by atoms with Gasteiger partial charge in [-0.05, 0) is 70.1 Å². The van der Waals surface area contributed by atoms with Crippen LogP contribution in [0.3, 0.4) is 0 Å². The molecule has 2 bridgehead atoms. The molecule has 0 unspecified atom stereocenters. The standard InChI is InChI=1S/C17H21BCl2O2/c1-14(2)15(3,4)22-18(21-14)17-8-16(9-17,10-17)11-5-6-12(19)13(20)7-11/h5-7H,8-10H2,1-4H3. The zero-order chi connectivity index (χ0) is 16.0. The van der Waals surface area contributed by atoms with E-state index in [1.165, 1.54) is 5.56 Å². The number of halogens is 2. The summed E-state index contributed by atoms with van der Waals surface area (Å²) in [6, 6.07) is 6.04. The minimum Gasteiger partial charge on any atom is -0.403 e. The average Bonchev–Trinajstić information content (AvgIpc) is 2.49. The van der Waals surface area contributed by atoms with Crippen molar-refractivity contribution in [2.45, 2.75) is 68.9 Å². The SMILES string of the molecule is CC1(C)OB(C23CC(c4ccc(Cl)c(Cl)c4)(C2)C3)OC1(C)C. The third kappa shape index (κ3) is 1.83. The van der Waals surface area contributed by atoms with Gasteiger partial charge >= 0.3 is 7.12 Å². The second kappa shape index (κ2) is 4.24. The highest BCUT2D eigenvalue weighted by Gasteiger charge is 2.76. The lowest BCUT2D eigenvalue weighted by Gasteiger charge is -2.71. The summed E-state index contributed by atoms with van der Waals surface area (Å²) < 4.78 is 12.5. The van der Waals surface area contributed by atoms with Crippen LogP contribution in [0, 0.1) is 0 Å². The summed E-state index contributed by atoms with van der Waals surface area (Å²) in [5, 5.41) is 1.46. The molecule has 5 heteroatoms. The van der Waals surface area contributed by atoms with Crippen LogP contribution in [0.5, 0.6) is 0 Å². The summed E-state index contributed by atoms with van der Waals surface area (Å²) in [5.74, 6) is 0. The molecule has 3 aliphatic carbocycles. The van der Waals surface area contributed by atoms with Gasteiger partial charge < -0.3 is 9.31 Å². The van der Waals surface area contributed by atoms with E-state index in [2.05, 4.69) is 33.8 Å². The van der Waals surface area contributed by atoms with Crippen LogP contribution in [0.1, 0.15) is 52.5 Å². The van der Waals surface area contributed by atoms with Crippen LogP contribution < -0.4 is 0 Å². The van der Waals surface area contributed by atoms with Gasteiger partial charge in [0.05, 0.1) is 21.2 Å². The third-order valence-corrected chi connectivity index (χ3v) is 7.10. The minimum absolute atomic E-state index is 0.0813. The summed E-state index contributed by atoms with van der Waals surface area (Å²) in [4.78, 5) is 0. The molecular formula is C17H21BCl2O2. The Morgan fingerprint density at radius 1 is 0.909 bits per heavy atom. The van der Waals surface area contributed by atoms with Gasteiger partial charge in [0.1, 0.15) is 0 Å². The molecule has 4 fully saturated rings. The maximum absolute atomic E-state index is 6.26. The maximum Gasteiger partial charge on any atom is 0.464 e. The molecule has 1 saturated heterocycles. The van der Waals surface area contributed by atoms with Gasteiger partial charge in [0, 0.05) is 5.31 Å². The van der Waals surface area contributed by atoms with Crippen molar-refractivity contribution < 1.29 is 9.31 Å². The van der Waals surface area contributed by atoms with Gasteiger partial charge in [-0.3, -0.25) is 0 Å². The van der Waals surface area contributed by atoms with Crippen molar-refractivity contribution in [2.75, 3.05) is 0 Å². The molecule has 118 valence electrons. The first kappa shape index (κ1) is 15.3. The summed E-state index contributed by atoms with van der Waals surface area (Å²) >= 11 is 12.2. The normalized spacial score (nSPS) is 37.6. The highest BCUT2D eigenvalue weighted by Crippen LogP contribution is 2.80. The Kier molecular flexibility index (Phi) is 2.96. The topological polar surface area (TPSA) is 18.5 Å². The first-order chi connectivity index (χ1) is 10.1. The van der Waals surface area contributed by atoms with Gasteiger partial charge in [0.2, 0.25) is 0 Å². The molecule has 1 aliphatic heterocycles. The molecule has 0 atom stereocenters. The predicted octanol–water partition coefficient (Wildman–Crippen LogP) is 5.26. The van der Waals surface area contributed by atoms with Gasteiger partial charge in [-0.2, -0.15) is 0 Å². The number of rotatable bonds is 2. The van der Waals surface area contributed by atoms with Gasteiger partial charge in [0.25, 0.3) is 0 Å². The van der Waals surface area contributed by atoms with Crippen LogP contribution in [0.4, 0.5) is 0 Å². The van der Waals surface area contributed by atoms with Crippen molar-refractivity contribution >= 4 is 30.3 Å². The Balaban J connectivity index is 1.51. The smallest absolute Gasteiger partial charge is 0.403 e. The molecule has 0 aromatic heterocycles. The van der Waals surface area contributed by atoms with Crippen LogP contribution in [-0.2, 0) is 14.7 Å². The molecule has 0 spiro atoms. The molecule has 2 nitrogen and oxygen atoms in total. The monoisotopic (exact) mass is 338 g/mol. The van der Waals surface area contributed by atoms with E-state index < -0.39 is 0 Å². The van der Waals surface area contributed by atoms with Crippen LogP contribution in [0.15, 0.2) is 18.2 Å². The third-order valence-electron chi connectivity index (χ3n) is 6.36. The largest absolute Gasteiger partial charge is 0.464 e. The maximum atomic E-state index is 6.26. The molecule has 1 aromatic rings. The Labute approximate surface area is 142 Å². The lowest BCUT2D eigenvalue weighted by atomic mass is 9.23. The first-order valence-corrected chi connectivity index (χ1v) is 8.66. The molecular weight excluding hydrogens is 318 g/mol. The van der Waals surface area contributed by atoms with Crippen molar-refractivity contribution in [1.82, 2.24) is 0 Å². The number of hydrogen-bond donors (Lipinski definition) is 0. The summed E-state index contributed by atoms with van der Waals surface area (Å²) in [5.41, 5.74) is 1.08. The van der Waals surface area contributed by atoms with Crippen LogP contribution in [0.2, 0.25) is 15.4 Å². The summed E-state index contributed by atoms with van der Waals surface area (Å²) in [6.07, 6.45) is 3.36. The van der Waals surface area contributed by atoms with E-state index in [1.54, 1.807) is 0 Å². The molecule has 1 heterocycles. The second-order valence-corrected chi connectivity index (χ2v) is 9.20. The first-order valence-electron chi connectivity index (χ1n) is 7.91. The van der Waals surface area contributed by atoms with Gasteiger partial charge in [0.15, 0.2) is 0 Å². The fourth-order valence-electron chi connectivity index (χ4n) is 4.34. The van der Waals surface area contributed by atoms with Gasteiger partial charge in [-0.15, -0.1) is 0 Å². The zero-order valence-electron chi connectivity index (χ0n) is 13.5. The van der Waals surface area contributed by atoms with Crippen LogP contribution >= 0.6 is 23.2 Å². The number of hydrogen-bond acceptors (Lipinski definition) is 2. The van der Waals surface area contributed by atoms with Crippen LogP contribution in [-0.4, -0.2) is 18.3 Å². The molecule has 0 amide bonds. The van der Waals surface area contributed by atoms with E-state index in [0.717, 1.165) is 19.3 Å². The van der Waals surface area contributed by atoms with E-state index in [0.29, 0.717) is 10.0 Å². The molecule has 1 aromatic carbocycles. The van der Waals surface area contributed by atoms with E-state index in [9.17, 15) is 0 Å². The minimum atomic E-state index is -0.246. The van der Waals surface area contributed by atoms with Crippen molar-refractivity contribution in [3.8, 4) is 0 Å². The number of benzene rings is 1. The van der Waals surface area contributed by atoms with Crippen molar-refractivity contribution in [1.29, 1.82) is 0 Å². The highest BCUT2D eigenvalue weighted by atomic mass is 35.5. The van der Waals surface area contributed by atoms with Crippen molar-refractivity contribution in [3.05, 3.63) is 33.8 Å². The lowest BCUT2D eigenvalue weighted by molar-refractivity contribution is -0.0383. The van der Waals surface area contributed by atoms with Crippen LogP contribution in [0.25, 0.3) is 0 Å². The fourth-order valence-corrected chi connectivity index (χ4v) is 4.64. The molecule has 0 N–H and O–H groups in total. The second-order valence-electron chi connectivity index (χ2n) is 8.39. The van der Waals surface area contributed by atoms with E-state index >= 15 is 0 Å². The zero-order valence-corrected chi connectivity index (χ0v) is 15.0.